The third kappa shape index (κ3) is 1.82. The Bertz CT molecular complexity index is 321. The van der Waals surface area contributed by atoms with Gasteiger partial charge in [0.05, 0.1) is 6.04 Å². The van der Waals surface area contributed by atoms with Crippen molar-refractivity contribution in [2.24, 2.45) is 5.92 Å². The van der Waals surface area contributed by atoms with Crippen molar-refractivity contribution in [2.75, 3.05) is 6.54 Å². The zero-order valence-electron chi connectivity index (χ0n) is 8.40. The van der Waals surface area contributed by atoms with Gasteiger partial charge in [-0.15, -0.1) is 0 Å². The number of hydrogen-bond acceptors (Lipinski definition) is 3. The molecule has 14 heavy (non-hydrogen) atoms. The molecule has 0 saturated carbocycles. The van der Waals surface area contributed by atoms with Crippen LogP contribution in [0.1, 0.15) is 25.2 Å². The van der Waals surface area contributed by atoms with Gasteiger partial charge in [-0.2, -0.15) is 0 Å². The molecular formula is C11H15N3. The molecule has 2 rings (SSSR count). The van der Waals surface area contributed by atoms with Crippen molar-refractivity contribution < 1.29 is 0 Å². The topological polar surface area (TPSA) is 37.8 Å². The number of nitrogens with zero attached hydrogens (tertiary/aromatic N) is 2. The van der Waals surface area contributed by atoms with Gasteiger partial charge in [0.15, 0.2) is 0 Å². The van der Waals surface area contributed by atoms with Gasteiger partial charge < -0.3 is 5.32 Å². The molecule has 0 spiro atoms. The van der Waals surface area contributed by atoms with Crippen molar-refractivity contribution in [1.29, 1.82) is 0 Å². The van der Waals surface area contributed by atoms with Crippen molar-refractivity contribution in [3.63, 3.8) is 0 Å². The monoisotopic (exact) mass is 189 g/mol. The maximum atomic E-state index is 4.24. The van der Waals surface area contributed by atoms with Gasteiger partial charge in [0, 0.05) is 12.4 Å². The summed E-state index contributed by atoms with van der Waals surface area (Å²) < 4.78 is 0. The van der Waals surface area contributed by atoms with Gasteiger partial charge in [0.25, 0.3) is 0 Å². The molecule has 1 fully saturated rings. The van der Waals surface area contributed by atoms with Crippen LogP contribution in [0.2, 0.25) is 0 Å². The van der Waals surface area contributed by atoms with Crippen molar-refractivity contribution in [3.8, 4) is 0 Å². The Labute approximate surface area is 84.3 Å². The van der Waals surface area contributed by atoms with Crippen molar-refractivity contribution >= 4 is 0 Å². The lowest BCUT2D eigenvalue weighted by molar-refractivity contribution is 0.400. The summed E-state index contributed by atoms with van der Waals surface area (Å²) in [6.45, 7) is 7.32. The molecule has 3 heteroatoms. The highest BCUT2D eigenvalue weighted by molar-refractivity contribution is 5.17. The Morgan fingerprint density at radius 2 is 2.14 bits per heavy atom. The van der Waals surface area contributed by atoms with E-state index in [1.165, 1.54) is 5.57 Å². The minimum absolute atomic E-state index is 0.146. The van der Waals surface area contributed by atoms with Crippen molar-refractivity contribution in [3.05, 3.63) is 36.4 Å². The van der Waals surface area contributed by atoms with E-state index in [1.807, 2.05) is 6.07 Å². The molecule has 0 aromatic carbocycles. The van der Waals surface area contributed by atoms with Gasteiger partial charge in [-0.25, -0.2) is 9.97 Å². The molecule has 2 unspecified atom stereocenters. The fourth-order valence-corrected chi connectivity index (χ4v) is 1.83. The van der Waals surface area contributed by atoms with E-state index in [1.54, 1.807) is 12.4 Å². The molecule has 1 aliphatic rings. The first kappa shape index (κ1) is 9.34. The first-order chi connectivity index (χ1) is 6.77. The SMILES string of the molecule is C=C1CC(C)CNC1c1ncccn1. The summed E-state index contributed by atoms with van der Waals surface area (Å²) in [5.41, 5.74) is 1.19. The van der Waals surface area contributed by atoms with Gasteiger partial charge >= 0.3 is 0 Å². The van der Waals surface area contributed by atoms with Gasteiger partial charge in [0.1, 0.15) is 5.82 Å². The van der Waals surface area contributed by atoms with Gasteiger partial charge in [0.2, 0.25) is 0 Å². The Kier molecular flexibility index (Phi) is 2.59. The second kappa shape index (κ2) is 3.88. The zero-order chi connectivity index (χ0) is 9.97. The van der Waals surface area contributed by atoms with Crippen molar-refractivity contribution in [1.82, 2.24) is 15.3 Å². The van der Waals surface area contributed by atoms with E-state index in [-0.39, 0.29) is 6.04 Å². The molecule has 0 bridgehead atoms. The minimum Gasteiger partial charge on any atom is -0.304 e. The fourth-order valence-electron chi connectivity index (χ4n) is 1.83. The summed E-state index contributed by atoms with van der Waals surface area (Å²) in [7, 11) is 0. The number of rotatable bonds is 1. The molecule has 0 radical (unpaired) electrons. The first-order valence-electron chi connectivity index (χ1n) is 4.95. The van der Waals surface area contributed by atoms with E-state index in [9.17, 15) is 0 Å². The van der Waals surface area contributed by atoms with E-state index in [2.05, 4.69) is 28.8 Å². The van der Waals surface area contributed by atoms with Crippen LogP contribution >= 0.6 is 0 Å². The summed E-state index contributed by atoms with van der Waals surface area (Å²) in [4.78, 5) is 8.49. The fraction of sp³-hybridized carbons (Fsp3) is 0.455. The minimum atomic E-state index is 0.146. The lowest BCUT2D eigenvalue weighted by atomic mass is 9.92. The van der Waals surface area contributed by atoms with Gasteiger partial charge in [-0.3, -0.25) is 0 Å². The number of nitrogens with one attached hydrogen (secondary N) is 1. The molecule has 1 N–H and O–H groups in total. The molecule has 1 aromatic rings. The average Bonchev–Trinajstić information content (AvgIpc) is 2.19. The predicted molar refractivity (Wildman–Crippen MR) is 55.7 cm³/mol. The molecule has 2 heterocycles. The zero-order valence-corrected chi connectivity index (χ0v) is 8.40. The Balaban J connectivity index is 2.16. The Morgan fingerprint density at radius 1 is 1.43 bits per heavy atom. The molecule has 0 amide bonds. The summed E-state index contributed by atoms with van der Waals surface area (Å²) >= 11 is 0. The third-order valence-electron chi connectivity index (χ3n) is 2.53. The molecule has 1 aliphatic heterocycles. The van der Waals surface area contributed by atoms with Crippen LogP contribution in [-0.4, -0.2) is 16.5 Å². The average molecular weight is 189 g/mol. The quantitative estimate of drug-likeness (QED) is 0.683. The lowest BCUT2D eigenvalue weighted by Crippen LogP contribution is -2.34. The highest BCUT2D eigenvalue weighted by Gasteiger charge is 2.23. The standard InChI is InChI=1S/C11H15N3/c1-8-6-9(2)10(14-7-8)11-12-4-3-5-13-11/h3-5,8,10,14H,2,6-7H2,1H3. The van der Waals surface area contributed by atoms with E-state index >= 15 is 0 Å². The van der Waals surface area contributed by atoms with Crippen LogP contribution in [0.5, 0.6) is 0 Å². The normalized spacial score (nSPS) is 27.6. The molecule has 2 atom stereocenters. The number of hydrogen-bond donors (Lipinski definition) is 1. The second-order valence-corrected chi connectivity index (χ2v) is 3.92. The molecule has 3 nitrogen and oxygen atoms in total. The predicted octanol–water partition coefficient (Wildman–Crippen LogP) is 1.70. The molecular weight excluding hydrogens is 174 g/mol. The van der Waals surface area contributed by atoms with Crippen LogP contribution in [0.15, 0.2) is 30.6 Å². The third-order valence-corrected chi connectivity index (χ3v) is 2.53. The highest BCUT2D eigenvalue weighted by atomic mass is 15.0. The summed E-state index contributed by atoms with van der Waals surface area (Å²) in [5, 5.41) is 3.41. The molecule has 0 aliphatic carbocycles. The largest absolute Gasteiger partial charge is 0.304 e. The van der Waals surface area contributed by atoms with Crippen LogP contribution in [0.3, 0.4) is 0 Å². The molecule has 1 aromatic heterocycles. The van der Waals surface area contributed by atoms with Crippen LogP contribution in [0, 0.1) is 5.92 Å². The van der Waals surface area contributed by atoms with Crippen LogP contribution in [-0.2, 0) is 0 Å². The molecule has 74 valence electrons. The van der Waals surface area contributed by atoms with Crippen LogP contribution in [0.4, 0.5) is 0 Å². The maximum Gasteiger partial charge on any atom is 0.149 e. The number of aromatic nitrogens is 2. The Morgan fingerprint density at radius 3 is 2.79 bits per heavy atom. The first-order valence-corrected chi connectivity index (χ1v) is 4.95. The summed E-state index contributed by atoms with van der Waals surface area (Å²) in [6.07, 6.45) is 4.61. The van der Waals surface area contributed by atoms with Crippen LogP contribution in [0.25, 0.3) is 0 Å². The molecule has 1 saturated heterocycles. The van der Waals surface area contributed by atoms with Crippen LogP contribution < -0.4 is 5.32 Å². The van der Waals surface area contributed by atoms with E-state index in [0.29, 0.717) is 5.92 Å². The Hall–Kier alpha value is -1.22. The van der Waals surface area contributed by atoms with E-state index < -0.39 is 0 Å². The summed E-state index contributed by atoms with van der Waals surface area (Å²) in [6, 6.07) is 1.98. The van der Waals surface area contributed by atoms with Gasteiger partial charge in [-0.1, -0.05) is 19.1 Å². The van der Waals surface area contributed by atoms with Crippen molar-refractivity contribution in [2.45, 2.75) is 19.4 Å². The number of piperidine rings is 1. The van der Waals surface area contributed by atoms with E-state index in [4.69, 9.17) is 0 Å². The van der Waals surface area contributed by atoms with Gasteiger partial charge in [-0.05, 0) is 24.9 Å². The summed E-state index contributed by atoms with van der Waals surface area (Å²) in [5.74, 6) is 1.51. The second-order valence-electron chi connectivity index (χ2n) is 3.92. The highest BCUT2D eigenvalue weighted by Crippen LogP contribution is 2.27. The lowest BCUT2D eigenvalue weighted by Gasteiger charge is -2.28. The smallest absolute Gasteiger partial charge is 0.149 e. The van der Waals surface area contributed by atoms with E-state index in [0.717, 1.165) is 18.8 Å². The maximum absolute atomic E-state index is 4.24.